The van der Waals surface area contributed by atoms with Gasteiger partial charge in [0.25, 0.3) is 0 Å². The molecular weight excluding hydrogens is 680 g/mol. The molecule has 2 aliphatic rings. The van der Waals surface area contributed by atoms with Crippen molar-refractivity contribution in [2.24, 2.45) is 16.5 Å². The van der Waals surface area contributed by atoms with Crippen molar-refractivity contribution in [1.29, 1.82) is 0 Å². The van der Waals surface area contributed by atoms with Crippen LogP contribution in [0.4, 0.5) is 5.82 Å². The Kier molecular flexibility index (Phi) is 11.8. The molecule has 4 rings (SSSR count). The van der Waals surface area contributed by atoms with Crippen molar-refractivity contribution in [3.63, 3.8) is 0 Å². The van der Waals surface area contributed by atoms with E-state index in [0.29, 0.717) is 0 Å². The Morgan fingerprint density at radius 3 is 2.28 bits per heavy atom. The Bertz CT molecular complexity index is 1530. The average molecular weight is 716 g/mol. The number of ether oxygens (including phenoxy) is 2. The normalized spacial score (nSPS) is 31.4. The molecule has 0 saturated carbocycles. The summed E-state index contributed by atoms with van der Waals surface area (Å²) in [4.78, 5) is 46.5. The SMILES string of the molecule is NC(=NCCC[C@H](N)C(=O)O)N[C@@H]1O[C@H](COP(=O)(O)OP(=O)(O)OC[C@H]2O[C@@H](n3cnc4c(N)ncnc43)[C@H](O)[C@@H]2O)[C@@H](O)[C@H]1O. The first-order chi connectivity index (χ1) is 22.0. The first kappa shape index (κ1) is 36.9. The van der Waals surface area contributed by atoms with Crippen LogP contribution in [0.3, 0.4) is 0 Å². The van der Waals surface area contributed by atoms with Gasteiger partial charge in [0.05, 0.1) is 19.5 Å². The zero-order valence-corrected chi connectivity index (χ0v) is 25.9. The second-order valence-corrected chi connectivity index (χ2v) is 13.4. The number of aliphatic imine (C=N–C) groups is 1. The summed E-state index contributed by atoms with van der Waals surface area (Å²) in [7, 11) is -10.8. The number of nitrogen functional groups attached to an aromatic ring is 1. The molecule has 264 valence electrons. The first-order valence-corrected chi connectivity index (χ1v) is 16.7. The van der Waals surface area contributed by atoms with Gasteiger partial charge >= 0.3 is 21.6 Å². The van der Waals surface area contributed by atoms with Gasteiger partial charge in [-0.2, -0.15) is 4.31 Å². The lowest BCUT2D eigenvalue weighted by Gasteiger charge is -2.20. The molecule has 0 spiro atoms. The van der Waals surface area contributed by atoms with Crippen LogP contribution in [-0.2, 0) is 36.8 Å². The molecule has 24 nitrogen and oxygen atoms in total. The Balaban J connectivity index is 1.25. The van der Waals surface area contributed by atoms with E-state index in [1.807, 2.05) is 0 Å². The summed E-state index contributed by atoms with van der Waals surface area (Å²) < 4.78 is 50.5. The number of aromatic nitrogens is 4. The van der Waals surface area contributed by atoms with Gasteiger partial charge in [-0.15, -0.1) is 0 Å². The number of guanidine groups is 1. The van der Waals surface area contributed by atoms with Crippen LogP contribution in [0.1, 0.15) is 19.1 Å². The molecule has 0 aromatic carbocycles. The summed E-state index contributed by atoms with van der Waals surface area (Å²) in [5.74, 6) is -1.37. The highest BCUT2D eigenvalue weighted by Crippen LogP contribution is 2.60. The van der Waals surface area contributed by atoms with Gasteiger partial charge in [-0.05, 0) is 12.8 Å². The fourth-order valence-corrected chi connectivity index (χ4v) is 6.59. The van der Waals surface area contributed by atoms with Crippen molar-refractivity contribution < 1.29 is 72.1 Å². The van der Waals surface area contributed by atoms with Gasteiger partial charge in [0.1, 0.15) is 54.5 Å². The van der Waals surface area contributed by atoms with E-state index in [9.17, 15) is 44.1 Å². The number of hydrogen-bond donors (Lipinski definition) is 11. The van der Waals surface area contributed by atoms with E-state index in [4.69, 9.17) is 36.3 Å². The highest BCUT2D eigenvalue weighted by atomic mass is 31.3. The third-order valence-corrected chi connectivity index (χ3v) is 9.54. The van der Waals surface area contributed by atoms with E-state index in [1.54, 1.807) is 0 Å². The van der Waals surface area contributed by atoms with Crippen LogP contribution >= 0.6 is 15.6 Å². The second-order valence-electron chi connectivity index (χ2n) is 10.3. The van der Waals surface area contributed by atoms with Crippen molar-refractivity contribution in [2.45, 2.75) is 68.0 Å². The first-order valence-electron chi connectivity index (χ1n) is 13.7. The lowest BCUT2D eigenvalue weighted by Crippen LogP contribution is -2.47. The summed E-state index contributed by atoms with van der Waals surface area (Å²) in [5, 5.41) is 52.6. The molecule has 2 aliphatic heterocycles. The van der Waals surface area contributed by atoms with E-state index in [2.05, 4.69) is 34.1 Å². The zero-order valence-electron chi connectivity index (χ0n) is 24.1. The maximum Gasteiger partial charge on any atom is 0.481 e. The molecule has 11 atom stereocenters. The Hall–Kier alpha value is -2.93. The number of aliphatic carboxylic acids is 1. The van der Waals surface area contributed by atoms with Crippen molar-refractivity contribution in [2.75, 3.05) is 25.5 Å². The number of hydrogen-bond acceptors (Lipinski definition) is 18. The van der Waals surface area contributed by atoms with Gasteiger partial charge in [0, 0.05) is 6.54 Å². The van der Waals surface area contributed by atoms with Crippen LogP contribution in [-0.4, -0.2) is 135 Å². The largest absolute Gasteiger partial charge is 0.481 e. The Morgan fingerprint density at radius 1 is 1.02 bits per heavy atom. The third kappa shape index (κ3) is 9.16. The fourth-order valence-electron chi connectivity index (χ4n) is 4.50. The van der Waals surface area contributed by atoms with Crippen LogP contribution in [0.2, 0.25) is 0 Å². The highest BCUT2D eigenvalue weighted by molar-refractivity contribution is 7.61. The Labute approximate surface area is 264 Å². The monoisotopic (exact) mass is 715 g/mol. The molecule has 0 aliphatic carbocycles. The molecule has 2 saturated heterocycles. The number of phosphoric acid groups is 2. The minimum Gasteiger partial charge on any atom is -0.480 e. The lowest BCUT2D eigenvalue weighted by molar-refractivity contribution is -0.138. The van der Waals surface area contributed by atoms with Crippen LogP contribution in [0.5, 0.6) is 0 Å². The molecule has 14 N–H and O–H groups in total. The van der Waals surface area contributed by atoms with Gasteiger partial charge in [-0.25, -0.2) is 24.1 Å². The number of nitrogens with two attached hydrogens (primary N) is 3. The number of carbonyl (C=O) groups is 1. The van der Waals surface area contributed by atoms with Gasteiger partial charge in [0.15, 0.2) is 29.9 Å². The second kappa shape index (κ2) is 15.1. The predicted molar refractivity (Wildman–Crippen MR) is 153 cm³/mol. The summed E-state index contributed by atoms with van der Waals surface area (Å²) in [6.07, 6.45) is -9.40. The molecule has 2 aromatic heterocycles. The van der Waals surface area contributed by atoms with E-state index in [-0.39, 0.29) is 42.3 Å². The molecular formula is C21H35N9O15P2. The predicted octanol–water partition coefficient (Wildman–Crippen LogP) is -4.18. The molecule has 0 radical (unpaired) electrons. The maximum atomic E-state index is 12.4. The third-order valence-electron chi connectivity index (χ3n) is 6.93. The van der Waals surface area contributed by atoms with Crippen molar-refractivity contribution in [1.82, 2.24) is 24.8 Å². The quantitative estimate of drug-likeness (QED) is 0.0360. The summed E-state index contributed by atoms with van der Waals surface area (Å²) in [6.45, 7) is -1.77. The molecule has 0 bridgehead atoms. The van der Waals surface area contributed by atoms with E-state index in [1.165, 1.54) is 10.9 Å². The zero-order chi connectivity index (χ0) is 34.7. The maximum absolute atomic E-state index is 12.4. The van der Waals surface area contributed by atoms with Gasteiger partial charge in [-0.3, -0.25) is 23.4 Å². The minimum absolute atomic E-state index is 0.0427. The van der Waals surface area contributed by atoms with Crippen LogP contribution < -0.4 is 22.5 Å². The fraction of sp³-hybridized carbons (Fsp3) is 0.667. The van der Waals surface area contributed by atoms with Gasteiger partial charge in [0.2, 0.25) is 0 Å². The molecule has 2 unspecified atom stereocenters. The summed E-state index contributed by atoms with van der Waals surface area (Å²) in [6, 6.07) is -1.07. The highest BCUT2D eigenvalue weighted by Gasteiger charge is 2.47. The Morgan fingerprint density at radius 2 is 1.64 bits per heavy atom. The molecule has 47 heavy (non-hydrogen) atoms. The van der Waals surface area contributed by atoms with E-state index in [0.717, 1.165) is 6.33 Å². The average Bonchev–Trinajstić information content (AvgIpc) is 3.63. The topological polar surface area (TPSA) is 385 Å². The molecule has 26 heteroatoms. The molecule has 2 fully saturated rings. The number of imidazole rings is 1. The summed E-state index contributed by atoms with van der Waals surface area (Å²) in [5.41, 5.74) is 17.2. The minimum atomic E-state index is -5.39. The number of aliphatic hydroxyl groups excluding tert-OH is 4. The van der Waals surface area contributed by atoms with E-state index >= 15 is 0 Å². The number of anilines is 1. The number of nitrogens with zero attached hydrogens (tertiary/aromatic N) is 5. The number of fused-ring (bicyclic) bond motifs is 1. The smallest absolute Gasteiger partial charge is 0.480 e. The van der Waals surface area contributed by atoms with Crippen LogP contribution in [0, 0.1) is 0 Å². The number of rotatable bonds is 15. The standard InChI is InChI=1S/C21H35N9O15P2/c22-8(20(35)36)2-1-3-25-21(24)29-18-14(33)12(31)9(43-18)4-41-46(37,38)45-47(39,40)42-5-10-13(32)15(34)19(44-10)30-7-28-11-16(23)26-6-27-17(11)30/h6-10,12-15,18-19,31-34H,1-5,22H2,(H,35,36)(H,37,38)(H,39,40)(H2,23,26,27)(H3,24,25,29)/t8-,9+,10+,12+,13+,14+,15+,18+,19+/m0/s1. The number of carboxylic acid groups (broad SMARTS) is 1. The number of nitrogens with one attached hydrogen (secondary N) is 1. The van der Waals surface area contributed by atoms with Crippen molar-refractivity contribution >= 4 is 44.6 Å². The van der Waals surface area contributed by atoms with Crippen LogP contribution in [0.15, 0.2) is 17.6 Å². The molecule has 0 amide bonds. The molecule has 4 heterocycles. The number of carboxylic acids is 1. The summed E-state index contributed by atoms with van der Waals surface area (Å²) >= 11 is 0. The molecule has 2 aromatic rings. The van der Waals surface area contributed by atoms with Crippen molar-refractivity contribution in [3.05, 3.63) is 12.7 Å². The van der Waals surface area contributed by atoms with Gasteiger partial charge < -0.3 is 67.3 Å². The lowest BCUT2D eigenvalue weighted by atomic mass is 10.1. The van der Waals surface area contributed by atoms with Gasteiger partial charge in [-0.1, -0.05) is 0 Å². The number of phosphoric ester groups is 2. The van der Waals surface area contributed by atoms with Crippen LogP contribution in [0.25, 0.3) is 11.2 Å². The number of aliphatic hydroxyl groups is 4. The van der Waals surface area contributed by atoms with E-state index < -0.39 is 89.9 Å². The van der Waals surface area contributed by atoms with Crippen molar-refractivity contribution in [3.8, 4) is 0 Å².